The largest absolute Gasteiger partial charge is 0.383 e. The van der Waals surface area contributed by atoms with Crippen molar-refractivity contribution < 1.29 is 14.3 Å². The van der Waals surface area contributed by atoms with Gasteiger partial charge in [0.2, 0.25) is 11.8 Å². The first-order valence-electron chi connectivity index (χ1n) is 8.78. The number of hydrogen-bond donors (Lipinski definition) is 1. The van der Waals surface area contributed by atoms with Crippen LogP contribution in [0.2, 0.25) is 0 Å². The number of fused-ring (bicyclic) bond motifs is 1. The van der Waals surface area contributed by atoms with Gasteiger partial charge in [0.15, 0.2) is 0 Å². The molecule has 130 valence electrons. The Morgan fingerprint density at radius 2 is 2.08 bits per heavy atom. The second-order valence-electron chi connectivity index (χ2n) is 6.86. The highest BCUT2D eigenvalue weighted by atomic mass is 16.5. The molecule has 2 atom stereocenters. The van der Waals surface area contributed by atoms with Crippen molar-refractivity contribution in [3.05, 3.63) is 35.4 Å². The van der Waals surface area contributed by atoms with E-state index in [1.807, 2.05) is 11.0 Å². The Balaban J connectivity index is 1.46. The Labute approximate surface area is 143 Å². The lowest BCUT2D eigenvalue weighted by molar-refractivity contribution is -0.128. The van der Waals surface area contributed by atoms with E-state index in [4.69, 9.17) is 4.74 Å². The van der Waals surface area contributed by atoms with E-state index in [2.05, 4.69) is 23.5 Å². The Bertz CT molecular complexity index is 602. The minimum absolute atomic E-state index is 0.0570. The van der Waals surface area contributed by atoms with Crippen molar-refractivity contribution in [2.75, 3.05) is 33.4 Å². The van der Waals surface area contributed by atoms with Crippen LogP contribution in [0.5, 0.6) is 0 Å². The molecule has 3 rings (SSSR count). The molecule has 1 aliphatic heterocycles. The van der Waals surface area contributed by atoms with Gasteiger partial charge in [0.05, 0.1) is 6.61 Å². The Kier molecular flexibility index (Phi) is 5.51. The Morgan fingerprint density at radius 3 is 2.88 bits per heavy atom. The lowest BCUT2D eigenvalue weighted by Crippen LogP contribution is -2.37. The Hall–Kier alpha value is -1.88. The zero-order chi connectivity index (χ0) is 16.9. The number of carbonyl (C=O) groups is 2. The van der Waals surface area contributed by atoms with E-state index in [-0.39, 0.29) is 23.7 Å². The minimum Gasteiger partial charge on any atom is -0.383 e. The van der Waals surface area contributed by atoms with E-state index < -0.39 is 0 Å². The average molecular weight is 330 g/mol. The summed E-state index contributed by atoms with van der Waals surface area (Å²) in [6.45, 7) is 2.51. The van der Waals surface area contributed by atoms with Gasteiger partial charge in [-0.15, -0.1) is 0 Å². The number of rotatable bonds is 6. The molecular weight excluding hydrogens is 304 g/mol. The van der Waals surface area contributed by atoms with Crippen LogP contribution in [0.1, 0.15) is 24.0 Å². The summed E-state index contributed by atoms with van der Waals surface area (Å²) in [7, 11) is 1.64. The summed E-state index contributed by atoms with van der Waals surface area (Å²) in [5.74, 6) is 0.570. The number of likely N-dealkylation sites (tertiary alicyclic amines) is 1. The first-order chi connectivity index (χ1) is 11.7. The second kappa shape index (κ2) is 7.79. The zero-order valence-corrected chi connectivity index (χ0v) is 14.3. The van der Waals surface area contributed by atoms with Crippen molar-refractivity contribution in [1.29, 1.82) is 0 Å². The number of carbonyl (C=O) groups excluding carboxylic acids is 2. The van der Waals surface area contributed by atoms with Crippen LogP contribution in [-0.2, 0) is 27.2 Å². The summed E-state index contributed by atoms with van der Waals surface area (Å²) in [6.07, 6.45) is 3.23. The van der Waals surface area contributed by atoms with E-state index in [0.717, 1.165) is 25.8 Å². The molecule has 1 saturated heterocycles. The third-order valence-corrected chi connectivity index (χ3v) is 5.14. The number of aryl methyl sites for hydroxylation is 1. The fraction of sp³-hybridized carbons (Fsp3) is 0.579. The smallest absolute Gasteiger partial charge is 0.223 e. The molecule has 1 fully saturated rings. The third-order valence-electron chi connectivity index (χ3n) is 5.14. The topological polar surface area (TPSA) is 58.6 Å². The SMILES string of the molecule is COCCN1C[C@@H](CNC(=O)[C@@H]2CCc3ccccc3C2)CC1=O. The number of amides is 2. The van der Waals surface area contributed by atoms with Gasteiger partial charge in [-0.1, -0.05) is 24.3 Å². The summed E-state index contributed by atoms with van der Waals surface area (Å²) in [4.78, 5) is 26.2. The molecule has 0 unspecified atom stereocenters. The van der Waals surface area contributed by atoms with Crippen LogP contribution in [-0.4, -0.2) is 50.1 Å². The van der Waals surface area contributed by atoms with Crippen LogP contribution in [0.25, 0.3) is 0 Å². The molecule has 1 N–H and O–H groups in total. The molecule has 2 aliphatic rings. The molecule has 1 aromatic carbocycles. The molecular formula is C19H26N2O3. The van der Waals surface area contributed by atoms with E-state index in [9.17, 15) is 9.59 Å². The number of nitrogens with one attached hydrogen (secondary N) is 1. The van der Waals surface area contributed by atoms with Crippen molar-refractivity contribution in [2.24, 2.45) is 11.8 Å². The third kappa shape index (κ3) is 3.96. The van der Waals surface area contributed by atoms with Gasteiger partial charge < -0.3 is 15.0 Å². The summed E-state index contributed by atoms with van der Waals surface area (Å²) >= 11 is 0. The van der Waals surface area contributed by atoms with Gasteiger partial charge in [-0.25, -0.2) is 0 Å². The fourth-order valence-electron chi connectivity index (χ4n) is 3.72. The molecule has 2 amide bonds. The molecule has 0 saturated carbocycles. The molecule has 1 heterocycles. The highest BCUT2D eigenvalue weighted by Crippen LogP contribution is 2.25. The minimum atomic E-state index is 0.0570. The summed E-state index contributed by atoms with van der Waals surface area (Å²) in [5, 5.41) is 3.07. The highest BCUT2D eigenvalue weighted by Gasteiger charge is 2.30. The molecule has 5 heteroatoms. The standard InChI is InChI=1S/C19H26N2O3/c1-24-9-8-21-13-14(10-18(21)22)12-20-19(23)17-7-6-15-4-2-3-5-16(15)11-17/h2-5,14,17H,6-13H2,1H3,(H,20,23)/t14-,17-/m1/s1. The normalized spacial score (nSPS) is 23.2. The van der Waals surface area contributed by atoms with Crippen molar-refractivity contribution in [3.8, 4) is 0 Å². The van der Waals surface area contributed by atoms with Crippen molar-refractivity contribution in [2.45, 2.75) is 25.7 Å². The maximum Gasteiger partial charge on any atom is 0.223 e. The van der Waals surface area contributed by atoms with Crippen LogP contribution in [0, 0.1) is 11.8 Å². The summed E-state index contributed by atoms with van der Waals surface area (Å²) < 4.78 is 5.03. The maximum atomic E-state index is 12.5. The molecule has 0 bridgehead atoms. The van der Waals surface area contributed by atoms with E-state index >= 15 is 0 Å². The number of ether oxygens (including phenoxy) is 1. The van der Waals surface area contributed by atoms with Gasteiger partial charge in [-0.05, 0) is 30.4 Å². The van der Waals surface area contributed by atoms with Crippen molar-refractivity contribution >= 4 is 11.8 Å². The molecule has 24 heavy (non-hydrogen) atoms. The van der Waals surface area contributed by atoms with E-state index in [1.54, 1.807) is 7.11 Å². The first-order valence-corrected chi connectivity index (χ1v) is 8.78. The lowest BCUT2D eigenvalue weighted by atomic mass is 9.83. The quantitative estimate of drug-likeness (QED) is 0.858. The van der Waals surface area contributed by atoms with Gasteiger partial charge in [-0.3, -0.25) is 9.59 Å². The van der Waals surface area contributed by atoms with E-state index in [0.29, 0.717) is 26.1 Å². The zero-order valence-electron chi connectivity index (χ0n) is 14.3. The van der Waals surface area contributed by atoms with Crippen LogP contribution in [0.4, 0.5) is 0 Å². The molecule has 5 nitrogen and oxygen atoms in total. The van der Waals surface area contributed by atoms with Gasteiger partial charge in [0.25, 0.3) is 0 Å². The number of methoxy groups -OCH3 is 1. The molecule has 1 aromatic rings. The molecule has 0 radical (unpaired) electrons. The Morgan fingerprint density at radius 1 is 1.29 bits per heavy atom. The van der Waals surface area contributed by atoms with Crippen LogP contribution < -0.4 is 5.32 Å². The van der Waals surface area contributed by atoms with Gasteiger partial charge in [0.1, 0.15) is 0 Å². The second-order valence-corrected chi connectivity index (χ2v) is 6.86. The highest BCUT2D eigenvalue weighted by molar-refractivity contribution is 5.80. The van der Waals surface area contributed by atoms with Crippen LogP contribution in [0.15, 0.2) is 24.3 Å². The van der Waals surface area contributed by atoms with Crippen molar-refractivity contribution in [1.82, 2.24) is 10.2 Å². The number of benzene rings is 1. The van der Waals surface area contributed by atoms with Gasteiger partial charge in [-0.2, -0.15) is 0 Å². The van der Waals surface area contributed by atoms with E-state index in [1.165, 1.54) is 11.1 Å². The van der Waals surface area contributed by atoms with Crippen molar-refractivity contribution in [3.63, 3.8) is 0 Å². The maximum absolute atomic E-state index is 12.5. The lowest BCUT2D eigenvalue weighted by Gasteiger charge is -2.24. The van der Waals surface area contributed by atoms with Gasteiger partial charge >= 0.3 is 0 Å². The number of nitrogens with zero attached hydrogens (tertiary/aromatic N) is 1. The van der Waals surface area contributed by atoms with Crippen LogP contribution in [0.3, 0.4) is 0 Å². The monoisotopic (exact) mass is 330 g/mol. The molecule has 0 aromatic heterocycles. The number of hydrogen-bond acceptors (Lipinski definition) is 3. The first kappa shape index (κ1) is 17.0. The fourth-order valence-corrected chi connectivity index (χ4v) is 3.72. The van der Waals surface area contributed by atoms with Gasteiger partial charge in [0, 0.05) is 45.0 Å². The molecule has 1 aliphatic carbocycles. The predicted molar refractivity (Wildman–Crippen MR) is 91.5 cm³/mol. The summed E-state index contributed by atoms with van der Waals surface area (Å²) in [5.41, 5.74) is 2.67. The average Bonchev–Trinajstić information content (AvgIpc) is 2.97. The van der Waals surface area contributed by atoms with Crippen LogP contribution >= 0.6 is 0 Å². The predicted octanol–water partition coefficient (Wildman–Crippen LogP) is 1.40. The summed E-state index contributed by atoms with van der Waals surface area (Å²) in [6, 6.07) is 8.38. The molecule has 0 spiro atoms.